The highest BCUT2D eigenvalue weighted by Gasteiger charge is 2.03. The maximum atomic E-state index is 10.8. The molecule has 1 amide bonds. The second kappa shape index (κ2) is 4.04. The number of carbonyl (C=O) groups is 1. The third-order valence-electron chi connectivity index (χ3n) is 2.09. The smallest absolute Gasteiger partial charge is 0.235 e. The summed E-state index contributed by atoms with van der Waals surface area (Å²) in [6.45, 7) is 4.53. The minimum absolute atomic E-state index is 0.161. The summed E-state index contributed by atoms with van der Waals surface area (Å²) in [5.41, 5.74) is 4.17. The zero-order valence-corrected chi connectivity index (χ0v) is 7.87. The molecule has 0 fully saturated rings. The van der Waals surface area contributed by atoms with Crippen molar-refractivity contribution in [2.24, 2.45) is 5.84 Å². The van der Waals surface area contributed by atoms with Crippen LogP contribution in [0.4, 0.5) is 0 Å². The number of rotatable bonds is 3. The van der Waals surface area contributed by atoms with Gasteiger partial charge in [0.2, 0.25) is 5.91 Å². The van der Waals surface area contributed by atoms with Gasteiger partial charge in [0.25, 0.3) is 0 Å². The lowest BCUT2D eigenvalue weighted by molar-refractivity contribution is -0.121. The van der Waals surface area contributed by atoms with E-state index < -0.39 is 0 Å². The summed E-state index contributed by atoms with van der Waals surface area (Å²) in [6.07, 6.45) is 2.11. The first-order valence-corrected chi connectivity index (χ1v) is 4.13. The second-order valence-corrected chi connectivity index (χ2v) is 2.93. The number of hydrazine groups is 1. The summed E-state index contributed by atoms with van der Waals surface area (Å²) in [7, 11) is 0. The third-order valence-corrected chi connectivity index (χ3v) is 2.09. The molecule has 1 aromatic rings. The van der Waals surface area contributed by atoms with Crippen molar-refractivity contribution in [3.8, 4) is 0 Å². The van der Waals surface area contributed by atoms with Crippen molar-refractivity contribution < 1.29 is 4.79 Å². The van der Waals surface area contributed by atoms with Gasteiger partial charge >= 0.3 is 0 Å². The number of imidazole rings is 1. The predicted octanol–water partition coefficient (Wildman–Crippen LogP) is -0.120. The summed E-state index contributed by atoms with van der Waals surface area (Å²) in [4.78, 5) is 15.0. The first-order valence-electron chi connectivity index (χ1n) is 4.13. The lowest BCUT2D eigenvalue weighted by atomic mass is 10.3. The molecule has 0 spiro atoms. The molecule has 1 aromatic heterocycles. The van der Waals surface area contributed by atoms with Gasteiger partial charge in [-0.3, -0.25) is 10.2 Å². The average molecular weight is 182 g/mol. The molecule has 0 bridgehead atoms. The van der Waals surface area contributed by atoms with Crippen LogP contribution in [0.15, 0.2) is 6.33 Å². The van der Waals surface area contributed by atoms with Gasteiger partial charge in [-0.1, -0.05) is 0 Å². The van der Waals surface area contributed by atoms with Gasteiger partial charge < -0.3 is 4.57 Å². The summed E-state index contributed by atoms with van der Waals surface area (Å²) >= 11 is 0. The Morgan fingerprint density at radius 3 is 2.85 bits per heavy atom. The van der Waals surface area contributed by atoms with Crippen LogP contribution in [0.5, 0.6) is 0 Å². The van der Waals surface area contributed by atoms with Crippen LogP contribution in [0.1, 0.15) is 17.8 Å². The fourth-order valence-corrected chi connectivity index (χ4v) is 1.06. The molecule has 5 nitrogen and oxygen atoms in total. The molecule has 0 unspecified atom stereocenters. The number of nitrogens with one attached hydrogen (secondary N) is 1. The second-order valence-electron chi connectivity index (χ2n) is 2.93. The van der Waals surface area contributed by atoms with Gasteiger partial charge in [0.1, 0.15) is 0 Å². The third kappa shape index (κ3) is 2.29. The van der Waals surface area contributed by atoms with Crippen molar-refractivity contribution in [2.45, 2.75) is 26.8 Å². The van der Waals surface area contributed by atoms with Crippen molar-refractivity contribution in [2.75, 3.05) is 0 Å². The lowest BCUT2D eigenvalue weighted by Crippen LogP contribution is -2.30. The Balaban J connectivity index is 2.55. The van der Waals surface area contributed by atoms with Crippen LogP contribution < -0.4 is 11.3 Å². The number of hydrogen-bond acceptors (Lipinski definition) is 3. The molecular weight excluding hydrogens is 168 g/mol. The van der Waals surface area contributed by atoms with E-state index in [1.54, 1.807) is 6.33 Å². The Labute approximate surface area is 76.9 Å². The molecule has 0 aliphatic rings. The van der Waals surface area contributed by atoms with Gasteiger partial charge in [0.15, 0.2) is 0 Å². The van der Waals surface area contributed by atoms with E-state index in [9.17, 15) is 4.79 Å². The molecule has 1 heterocycles. The van der Waals surface area contributed by atoms with Crippen LogP contribution in [0, 0.1) is 13.8 Å². The van der Waals surface area contributed by atoms with E-state index in [1.807, 2.05) is 18.4 Å². The zero-order valence-electron chi connectivity index (χ0n) is 7.87. The fraction of sp³-hybridized carbons (Fsp3) is 0.500. The van der Waals surface area contributed by atoms with E-state index in [0.717, 1.165) is 11.4 Å². The molecule has 0 aliphatic heterocycles. The number of nitrogens with two attached hydrogens (primary N) is 1. The number of aromatic nitrogens is 2. The van der Waals surface area contributed by atoms with Crippen molar-refractivity contribution in [3.05, 3.63) is 17.7 Å². The van der Waals surface area contributed by atoms with Crippen molar-refractivity contribution >= 4 is 5.91 Å². The van der Waals surface area contributed by atoms with Crippen molar-refractivity contribution in [1.29, 1.82) is 0 Å². The summed E-state index contributed by atoms with van der Waals surface area (Å²) in [5.74, 6) is 4.79. The SMILES string of the molecule is Cc1ncn(CCC(=O)NN)c1C. The van der Waals surface area contributed by atoms with Crippen LogP contribution in [0.2, 0.25) is 0 Å². The van der Waals surface area contributed by atoms with Crippen molar-refractivity contribution in [1.82, 2.24) is 15.0 Å². The minimum Gasteiger partial charge on any atom is -0.334 e. The molecule has 72 valence electrons. The minimum atomic E-state index is -0.161. The topological polar surface area (TPSA) is 72.9 Å². The van der Waals surface area contributed by atoms with Gasteiger partial charge in [0.05, 0.1) is 12.0 Å². The van der Waals surface area contributed by atoms with Crippen LogP contribution in [-0.4, -0.2) is 15.5 Å². The lowest BCUT2D eigenvalue weighted by Gasteiger charge is -2.03. The number of carbonyl (C=O) groups excluding carboxylic acids is 1. The summed E-state index contributed by atoms with van der Waals surface area (Å²) < 4.78 is 1.94. The zero-order chi connectivity index (χ0) is 9.84. The fourth-order valence-electron chi connectivity index (χ4n) is 1.06. The van der Waals surface area contributed by atoms with Gasteiger partial charge in [-0.2, -0.15) is 0 Å². The van der Waals surface area contributed by atoms with E-state index in [2.05, 4.69) is 10.4 Å². The van der Waals surface area contributed by atoms with Crippen LogP contribution in [0.3, 0.4) is 0 Å². The standard InChI is InChI=1S/C8H14N4O/c1-6-7(2)12(5-10-6)4-3-8(13)11-9/h5H,3-4,9H2,1-2H3,(H,11,13). The Morgan fingerprint density at radius 2 is 2.38 bits per heavy atom. The molecule has 0 aromatic carbocycles. The molecule has 1 rings (SSSR count). The Bertz CT molecular complexity index is 305. The van der Waals surface area contributed by atoms with E-state index in [1.165, 1.54) is 0 Å². The van der Waals surface area contributed by atoms with Crippen LogP contribution in [-0.2, 0) is 11.3 Å². The summed E-state index contributed by atoms with van der Waals surface area (Å²) in [6, 6.07) is 0. The molecule has 0 atom stereocenters. The van der Waals surface area contributed by atoms with Gasteiger partial charge in [0, 0.05) is 18.7 Å². The van der Waals surface area contributed by atoms with Crippen LogP contribution >= 0.6 is 0 Å². The average Bonchev–Trinajstić information content (AvgIpc) is 2.44. The maximum Gasteiger partial charge on any atom is 0.235 e. The van der Waals surface area contributed by atoms with Gasteiger partial charge in [-0.25, -0.2) is 10.8 Å². The first kappa shape index (κ1) is 9.73. The Hall–Kier alpha value is -1.36. The Morgan fingerprint density at radius 1 is 1.69 bits per heavy atom. The van der Waals surface area contributed by atoms with E-state index >= 15 is 0 Å². The largest absolute Gasteiger partial charge is 0.334 e. The molecule has 0 saturated heterocycles. The number of hydrogen-bond donors (Lipinski definition) is 2. The monoisotopic (exact) mass is 182 g/mol. The predicted molar refractivity (Wildman–Crippen MR) is 48.6 cm³/mol. The van der Waals surface area contributed by atoms with Crippen LogP contribution in [0.25, 0.3) is 0 Å². The highest BCUT2D eigenvalue weighted by atomic mass is 16.2. The highest BCUT2D eigenvalue weighted by Crippen LogP contribution is 2.04. The number of nitrogens with zero attached hydrogens (tertiary/aromatic N) is 2. The number of amides is 1. The van der Waals surface area contributed by atoms with E-state index in [4.69, 9.17) is 5.84 Å². The molecule has 0 aliphatic carbocycles. The van der Waals surface area contributed by atoms with E-state index in [0.29, 0.717) is 13.0 Å². The Kier molecular flexibility index (Phi) is 3.02. The van der Waals surface area contributed by atoms with Crippen molar-refractivity contribution in [3.63, 3.8) is 0 Å². The summed E-state index contributed by atoms with van der Waals surface area (Å²) in [5, 5.41) is 0. The quantitative estimate of drug-likeness (QED) is 0.389. The molecule has 5 heteroatoms. The highest BCUT2D eigenvalue weighted by molar-refractivity contribution is 5.75. The molecule has 0 saturated carbocycles. The number of aryl methyl sites for hydroxylation is 2. The van der Waals surface area contributed by atoms with E-state index in [-0.39, 0.29) is 5.91 Å². The maximum absolute atomic E-state index is 10.8. The first-order chi connectivity index (χ1) is 6.15. The molecule has 3 N–H and O–H groups in total. The molecular formula is C8H14N4O. The normalized spacial score (nSPS) is 10.1. The van der Waals surface area contributed by atoms with Gasteiger partial charge in [-0.05, 0) is 13.8 Å². The molecule has 0 radical (unpaired) electrons. The van der Waals surface area contributed by atoms with Gasteiger partial charge in [-0.15, -0.1) is 0 Å². The molecule has 13 heavy (non-hydrogen) atoms.